The number of hydrogen-bond acceptors (Lipinski definition) is 9. The average molecular weight is 464 g/mol. The summed E-state index contributed by atoms with van der Waals surface area (Å²) in [6.45, 7) is 0.630. The molecular formula is C23H20N4O7. The zero-order valence-corrected chi connectivity index (χ0v) is 17.9. The maximum atomic E-state index is 12.2. The summed E-state index contributed by atoms with van der Waals surface area (Å²) < 4.78 is 11.0. The summed E-state index contributed by atoms with van der Waals surface area (Å²) in [5, 5.41) is 21.0. The lowest BCUT2D eigenvalue weighted by Gasteiger charge is -2.30. The van der Waals surface area contributed by atoms with Crippen molar-refractivity contribution in [3.05, 3.63) is 76.6 Å². The van der Waals surface area contributed by atoms with Gasteiger partial charge in [-0.05, 0) is 49.2 Å². The molecule has 0 radical (unpaired) electrons. The predicted molar refractivity (Wildman–Crippen MR) is 119 cm³/mol. The number of rotatable bonds is 7. The molecule has 1 aromatic heterocycles. The van der Waals surface area contributed by atoms with E-state index in [2.05, 4.69) is 9.97 Å². The van der Waals surface area contributed by atoms with Crippen molar-refractivity contribution < 1.29 is 29.1 Å². The molecule has 0 spiro atoms. The second-order valence-electron chi connectivity index (χ2n) is 7.54. The van der Waals surface area contributed by atoms with Gasteiger partial charge in [-0.15, -0.1) is 0 Å². The fourth-order valence-corrected chi connectivity index (χ4v) is 3.59. The topological polar surface area (TPSA) is 145 Å². The van der Waals surface area contributed by atoms with E-state index in [-0.39, 0.29) is 23.2 Å². The smallest absolute Gasteiger partial charge is 0.373 e. The molecule has 0 aliphatic carbocycles. The summed E-state index contributed by atoms with van der Waals surface area (Å²) >= 11 is 0. The Morgan fingerprint density at radius 1 is 1.00 bits per heavy atom. The minimum atomic E-state index is -0.876. The van der Waals surface area contributed by atoms with Crippen LogP contribution in [0.25, 0.3) is 0 Å². The van der Waals surface area contributed by atoms with Crippen molar-refractivity contribution in [1.29, 1.82) is 0 Å². The van der Waals surface area contributed by atoms with Crippen molar-refractivity contribution in [2.24, 2.45) is 5.92 Å². The average Bonchev–Trinajstić information content (AvgIpc) is 2.85. The number of carbonyl (C=O) groups excluding carboxylic acids is 1. The van der Waals surface area contributed by atoms with Gasteiger partial charge in [-0.3, -0.25) is 14.9 Å². The highest BCUT2D eigenvalue weighted by Crippen LogP contribution is 2.37. The molecule has 0 amide bonds. The SMILES string of the molecule is O=C(Oc1ccc(Oc2ncnc(N3CCC(C(=O)O)CC3)c2[N+](=O)[O-])cc1)c1ccccc1. The summed E-state index contributed by atoms with van der Waals surface area (Å²) in [6.07, 6.45) is 1.88. The Kier molecular flexibility index (Phi) is 6.62. The van der Waals surface area contributed by atoms with E-state index in [1.54, 1.807) is 35.2 Å². The van der Waals surface area contributed by atoms with Crippen LogP contribution in [0.3, 0.4) is 0 Å². The minimum absolute atomic E-state index is 0.0762. The third kappa shape index (κ3) is 5.09. The zero-order chi connectivity index (χ0) is 24.1. The summed E-state index contributed by atoms with van der Waals surface area (Å²) in [6, 6.07) is 14.5. The van der Waals surface area contributed by atoms with E-state index in [1.165, 1.54) is 24.3 Å². The number of benzene rings is 2. The number of carbonyl (C=O) groups is 2. The van der Waals surface area contributed by atoms with Gasteiger partial charge in [-0.25, -0.2) is 9.78 Å². The van der Waals surface area contributed by atoms with Crippen molar-refractivity contribution in [3.63, 3.8) is 0 Å². The molecule has 0 unspecified atom stereocenters. The van der Waals surface area contributed by atoms with Crippen LogP contribution in [0.1, 0.15) is 23.2 Å². The second-order valence-corrected chi connectivity index (χ2v) is 7.54. The van der Waals surface area contributed by atoms with E-state index in [4.69, 9.17) is 9.47 Å². The predicted octanol–water partition coefficient (Wildman–Crippen LogP) is 3.70. The quantitative estimate of drug-likeness (QED) is 0.238. The Morgan fingerprint density at radius 3 is 2.26 bits per heavy atom. The lowest BCUT2D eigenvalue weighted by molar-refractivity contribution is -0.385. The van der Waals surface area contributed by atoms with Gasteiger partial charge in [0.05, 0.1) is 16.4 Å². The largest absolute Gasteiger partial charge is 0.481 e. The summed E-state index contributed by atoms with van der Waals surface area (Å²) in [7, 11) is 0. The van der Waals surface area contributed by atoms with Crippen LogP contribution in [0.15, 0.2) is 60.9 Å². The number of esters is 1. The molecule has 1 fully saturated rings. The number of piperidine rings is 1. The molecule has 2 aromatic carbocycles. The van der Waals surface area contributed by atoms with Crippen molar-refractivity contribution in [2.45, 2.75) is 12.8 Å². The molecule has 1 aliphatic heterocycles. The molecule has 11 nitrogen and oxygen atoms in total. The molecule has 174 valence electrons. The van der Waals surface area contributed by atoms with Crippen LogP contribution in [0.4, 0.5) is 11.5 Å². The summed E-state index contributed by atoms with van der Waals surface area (Å²) in [5.41, 5.74) is -0.00443. The van der Waals surface area contributed by atoms with Gasteiger partial charge in [-0.1, -0.05) is 18.2 Å². The van der Waals surface area contributed by atoms with E-state index in [0.29, 0.717) is 31.5 Å². The first-order valence-electron chi connectivity index (χ1n) is 10.4. The third-order valence-corrected chi connectivity index (χ3v) is 5.35. The summed E-state index contributed by atoms with van der Waals surface area (Å²) in [5.74, 6) is -1.52. The van der Waals surface area contributed by atoms with Gasteiger partial charge in [0.25, 0.3) is 0 Å². The van der Waals surface area contributed by atoms with E-state index in [0.717, 1.165) is 6.33 Å². The molecular weight excluding hydrogens is 444 g/mol. The van der Waals surface area contributed by atoms with Crippen LogP contribution in [-0.4, -0.2) is 45.0 Å². The first-order chi connectivity index (χ1) is 16.4. The van der Waals surface area contributed by atoms with Gasteiger partial charge in [0.15, 0.2) is 0 Å². The first kappa shape index (κ1) is 22.6. The maximum Gasteiger partial charge on any atom is 0.373 e. The number of nitro groups is 1. The van der Waals surface area contributed by atoms with Crippen LogP contribution in [0.2, 0.25) is 0 Å². The number of nitrogens with zero attached hydrogens (tertiary/aromatic N) is 4. The molecule has 3 aromatic rings. The van der Waals surface area contributed by atoms with Crippen molar-refractivity contribution in [2.75, 3.05) is 18.0 Å². The highest BCUT2D eigenvalue weighted by molar-refractivity contribution is 5.90. The molecule has 0 saturated carbocycles. The van der Waals surface area contributed by atoms with Gasteiger partial charge in [0.1, 0.15) is 17.8 Å². The normalized spacial score (nSPS) is 13.8. The number of carboxylic acids is 1. The highest BCUT2D eigenvalue weighted by Gasteiger charge is 2.32. The molecule has 11 heteroatoms. The molecule has 1 saturated heterocycles. The fraction of sp³-hybridized carbons (Fsp3) is 0.217. The molecule has 0 bridgehead atoms. The Hall–Kier alpha value is -4.54. The number of hydrogen-bond donors (Lipinski definition) is 1. The monoisotopic (exact) mass is 464 g/mol. The van der Waals surface area contributed by atoms with Gasteiger partial charge in [0.2, 0.25) is 5.82 Å². The number of anilines is 1. The maximum absolute atomic E-state index is 12.2. The molecule has 1 aliphatic rings. The Labute approximate surface area is 193 Å². The molecule has 34 heavy (non-hydrogen) atoms. The number of aromatic nitrogens is 2. The third-order valence-electron chi connectivity index (χ3n) is 5.35. The van der Waals surface area contributed by atoms with E-state index in [9.17, 15) is 24.8 Å². The van der Waals surface area contributed by atoms with Gasteiger partial charge >= 0.3 is 23.5 Å². The Morgan fingerprint density at radius 2 is 1.65 bits per heavy atom. The van der Waals surface area contributed by atoms with Crippen LogP contribution in [0.5, 0.6) is 17.4 Å². The molecule has 2 heterocycles. The highest BCUT2D eigenvalue weighted by atomic mass is 16.6. The number of carboxylic acid groups (broad SMARTS) is 1. The van der Waals surface area contributed by atoms with Crippen molar-refractivity contribution in [1.82, 2.24) is 9.97 Å². The van der Waals surface area contributed by atoms with Gasteiger partial charge in [-0.2, -0.15) is 4.98 Å². The molecule has 4 rings (SSSR count). The van der Waals surface area contributed by atoms with E-state index in [1.807, 2.05) is 0 Å². The molecule has 1 N–H and O–H groups in total. The standard InChI is InChI=1S/C23H20N4O7/c28-22(29)15-10-12-26(13-11-15)20-19(27(31)32)21(25-14-24-20)33-17-6-8-18(9-7-17)34-23(30)16-4-2-1-3-5-16/h1-9,14-15H,10-13H2,(H,28,29). The fourth-order valence-electron chi connectivity index (χ4n) is 3.59. The first-order valence-corrected chi connectivity index (χ1v) is 10.4. The van der Waals surface area contributed by atoms with Gasteiger partial charge in [0, 0.05) is 13.1 Å². The Bertz CT molecular complexity index is 1190. The number of ether oxygens (including phenoxy) is 2. The molecule has 0 atom stereocenters. The minimum Gasteiger partial charge on any atom is -0.481 e. The van der Waals surface area contributed by atoms with E-state index < -0.39 is 28.5 Å². The van der Waals surface area contributed by atoms with Crippen LogP contribution in [-0.2, 0) is 4.79 Å². The number of aliphatic carboxylic acids is 1. The van der Waals surface area contributed by atoms with Crippen LogP contribution < -0.4 is 14.4 Å². The van der Waals surface area contributed by atoms with Gasteiger partial charge < -0.3 is 19.5 Å². The second kappa shape index (κ2) is 9.94. The van der Waals surface area contributed by atoms with Crippen molar-refractivity contribution in [3.8, 4) is 17.4 Å². The Balaban J connectivity index is 1.49. The van der Waals surface area contributed by atoms with Crippen LogP contribution in [0, 0.1) is 16.0 Å². The lowest BCUT2D eigenvalue weighted by atomic mass is 9.97. The van der Waals surface area contributed by atoms with Crippen molar-refractivity contribution >= 4 is 23.4 Å². The van der Waals surface area contributed by atoms with Crippen LogP contribution >= 0.6 is 0 Å². The van der Waals surface area contributed by atoms with E-state index >= 15 is 0 Å². The zero-order valence-electron chi connectivity index (χ0n) is 17.9. The lowest BCUT2D eigenvalue weighted by Crippen LogP contribution is -2.37. The summed E-state index contributed by atoms with van der Waals surface area (Å²) in [4.78, 5) is 44.2.